The molecule has 0 radical (unpaired) electrons. The Bertz CT molecular complexity index is 1030. The Balaban J connectivity index is 1.13. The van der Waals surface area contributed by atoms with E-state index in [9.17, 15) is 4.79 Å². The molecule has 2 aromatic heterocycles. The lowest BCUT2D eigenvalue weighted by molar-refractivity contribution is 0.0519. The molecule has 0 bridgehead atoms. The molecule has 0 aliphatic heterocycles. The number of amides is 1. The Morgan fingerprint density at radius 1 is 0.938 bits per heavy atom. The first kappa shape index (κ1) is 22.2. The van der Waals surface area contributed by atoms with Crippen molar-refractivity contribution in [1.82, 2.24) is 15.3 Å². The van der Waals surface area contributed by atoms with E-state index < -0.39 is 0 Å². The maximum absolute atomic E-state index is 11.9. The van der Waals surface area contributed by atoms with Gasteiger partial charge >= 0.3 is 0 Å². The fourth-order valence-corrected chi connectivity index (χ4v) is 3.98. The van der Waals surface area contributed by atoms with Gasteiger partial charge in [0.1, 0.15) is 0 Å². The molecule has 4 rings (SSSR count). The predicted molar refractivity (Wildman–Crippen MR) is 125 cm³/mol. The van der Waals surface area contributed by atoms with Gasteiger partial charge in [0, 0.05) is 42.3 Å². The molecule has 0 saturated carbocycles. The van der Waals surface area contributed by atoms with Crippen molar-refractivity contribution in [3.63, 3.8) is 0 Å². The number of nitrogens with one attached hydrogen (secondary N) is 2. The highest BCUT2D eigenvalue weighted by molar-refractivity contribution is 5.94. The van der Waals surface area contributed by atoms with Crippen molar-refractivity contribution in [2.75, 3.05) is 44.8 Å². The fourth-order valence-electron chi connectivity index (χ4n) is 3.98. The number of ether oxygens (including phenoxy) is 2. The van der Waals surface area contributed by atoms with Crippen LogP contribution in [0.2, 0.25) is 0 Å². The molecule has 0 atom stereocenters. The average molecular weight is 435 g/mol. The number of carbonyl (C=O) groups excluding carboxylic acids is 1. The van der Waals surface area contributed by atoms with Crippen LogP contribution in [-0.4, -0.2) is 55.4 Å². The van der Waals surface area contributed by atoms with Gasteiger partial charge in [-0.1, -0.05) is 18.2 Å². The van der Waals surface area contributed by atoms with Crippen molar-refractivity contribution in [2.45, 2.75) is 25.7 Å². The molecular weight excluding hydrogens is 404 g/mol. The van der Waals surface area contributed by atoms with E-state index in [0.717, 1.165) is 24.9 Å². The summed E-state index contributed by atoms with van der Waals surface area (Å²) < 4.78 is 11.2. The zero-order chi connectivity index (χ0) is 22.0. The van der Waals surface area contributed by atoms with Crippen LogP contribution in [0.3, 0.4) is 0 Å². The third kappa shape index (κ3) is 5.81. The van der Waals surface area contributed by atoms with Crippen molar-refractivity contribution >= 4 is 22.5 Å². The van der Waals surface area contributed by atoms with E-state index in [1.807, 2.05) is 6.07 Å². The van der Waals surface area contributed by atoms with Crippen LogP contribution in [0.4, 0.5) is 5.69 Å². The first-order chi connectivity index (χ1) is 15.8. The van der Waals surface area contributed by atoms with E-state index in [0.29, 0.717) is 38.5 Å². The number of anilines is 1. The van der Waals surface area contributed by atoms with E-state index in [2.05, 4.69) is 33.8 Å². The van der Waals surface area contributed by atoms with Crippen molar-refractivity contribution in [3.05, 3.63) is 65.6 Å². The summed E-state index contributed by atoms with van der Waals surface area (Å²) in [6.45, 7) is 3.26. The Hall–Kier alpha value is -3.03. The smallest absolute Gasteiger partial charge is 0.252 e. The molecule has 7 nitrogen and oxygen atoms in total. The summed E-state index contributed by atoms with van der Waals surface area (Å²) in [6, 6.07) is 11.8. The van der Waals surface area contributed by atoms with Gasteiger partial charge in [-0.25, -0.2) is 0 Å². The maximum Gasteiger partial charge on any atom is 0.252 e. The number of aromatic nitrogens is 2. The summed E-state index contributed by atoms with van der Waals surface area (Å²) in [4.78, 5) is 20.7. The van der Waals surface area contributed by atoms with Crippen molar-refractivity contribution in [3.8, 4) is 0 Å². The lowest BCUT2D eigenvalue weighted by Crippen LogP contribution is -2.27. The number of carbonyl (C=O) groups is 1. The second-order valence-corrected chi connectivity index (χ2v) is 7.79. The highest BCUT2D eigenvalue weighted by Crippen LogP contribution is 2.33. The largest absolute Gasteiger partial charge is 0.382 e. The predicted octanol–water partition coefficient (Wildman–Crippen LogP) is 3.38. The lowest BCUT2D eigenvalue weighted by atomic mass is 9.92. The summed E-state index contributed by atoms with van der Waals surface area (Å²) in [6.07, 6.45) is 7.77. The molecule has 0 saturated heterocycles. The molecule has 7 heteroatoms. The standard InChI is InChI=1S/C25H30N4O3/c30-25(19-6-5-11-26-18-19)28-13-15-32-17-16-31-14-12-27-24-20-7-1-3-9-22(20)29-23-10-4-2-8-21(23)24/h1,3,5-7,9,11,18H,2,4,8,10,12-17H2,(H,27,29)(H,28,30). The molecule has 0 unspecified atom stereocenters. The van der Waals surface area contributed by atoms with Crippen LogP contribution in [0.25, 0.3) is 10.9 Å². The minimum Gasteiger partial charge on any atom is -0.382 e. The zero-order valence-electron chi connectivity index (χ0n) is 18.3. The monoisotopic (exact) mass is 434 g/mol. The Kier molecular flexibility index (Phi) is 8.00. The number of rotatable bonds is 11. The van der Waals surface area contributed by atoms with Crippen molar-refractivity contribution in [2.24, 2.45) is 0 Å². The van der Waals surface area contributed by atoms with Gasteiger partial charge in [-0.15, -0.1) is 0 Å². The van der Waals surface area contributed by atoms with E-state index in [1.54, 1.807) is 24.5 Å². The minimum atomic E-state index is -0.144. The Morgan fingerprint density at radius 2 is 1.75 bits per heavy atom. The fraction of sp³-hybridized carbons (Fsp3) is 0.400. The summed E-state index contributed by atoms with van der Waals surface area (Å²) in [5.41, 5.74) is 5.43. The van der Waals surface area contributed by atoms with Gasteiger partial charge in [0.05, 0.1) is 37.5 Å². The number of hydrogen-bond acceptors (Lipinski definition) is 6. The number of pyridine rings is 2. The van der Waals surface area contributed by atoms with Gasteiger partial charge in [-0.3, -0.25) is 14.8 Å². The van der Waals surface area contributed by atoms with Crippen LogP contribution >= 0.6 is 0 Å². The molecule has 3 aromatic rings. The lowest BCUT2D eigenvalue weighted by Gasteiger charge is -2.21. The molecular formula is C25H30N4O3. The first-order valence-corrected chi connectivity index (χ1v) is 11.3. The topological polar surface area (TPSA) is 85.4 Å². The summed E-state index contributed by atoms with van der Waals surface area (Å²) in [7, 11) is 0. The molecule has 168 valence electrons. The normalized spacial score (nSPS) is 13.0. The van der Waals surface area contributed by atoms with Gasteiger partial charge in [-0.2, -0.15) is 0 Å². The van der Waals surface area contributed by atoms with Gasteiger partial charge in [0.2, 0.25) is 0 Å². The zero-order valence-corrected chi connectivity index (χ0v) is 18.3. The van der Waals surface area contributed by atoms with E-state index in [-0.39, 0.29) is 5.91 Å². The number of benzene rings is 1. The van der Waals surface area contributed by atoms with Crippen LogP contribution < -0.4 is 10.6 Å². The average Bonchev–Trinajstić information content (AvgIpc) is 2.85. The highest BCUT2D eigenvalue weighted by Gasteiger charge is 2.17. The molecule has 2 N–H and O–H groups in total. The third-order valence-corrected chi connectivity index (χ3v) is 5.55. The van der Waals surface area contributed by atoms with Gasteiger partial charge in [0.25, 0.3) is 5.91 Å². The summed E-state index contributed by atoms with van der Waals surface area (Å²) in [5, 5.41) is 7.59. The highest BCUT2D eigenvalue weighted by atomic mass is 16.5. The molecule has 1 amide bonds. The molecule has 0 fully saturated rings. The van der Waals surface area contributed by atoms with Crippen LogP contribution in [0.1, 0.15) is 34.5 Å². The van der Waals surface area contributed by atoms with Crippen LogP contribution in [0, 0.1) is 0 Å². The molecule has 2 heterocycles. The SMILES string of the molecule is O=C(NCCOCCOCCNc1c2c(nc3ccccc13)CCCC2)c1cccnc1. The number of para-hydroxylation sites is 1. The van der Waals surface area contributed by atoms with Crippen LogP contribution in [0.15, 0.2) is 48.8 Å². The van der Waals surface area contributed by atoms with Gasteiger partial charge in [0.15, 0.2) is 0 Å². The Labute approximate surface area is 188 Å². The molecule has 0 spiro atoms. The number of aryl methyl sites for hydroxylation is 1. The first-order valence-electron chi connectivity index (χ1n) is 11.3. The van der Waals surface area contributed by atoms with Gasteiger partial charge in [-0.05, 0) is 49.4 Å². The second-order valence-electron chi connectivity index (χ2n) is 7.79. The number of nitrogens with zero attached hydrogens (tertiary/aromatic N) is 2. The molecule has 1 aliphatic rings. The van der Waals surface area contributed by atoms with Crippen molar-refractivity contribution < 1.29 is 14.3 Å². The summed E-state index contributed by atoms with van der Waals surface area (Å²) in [5.74, 6) is -0.144. The molecule has 1 aromatic carbocycles. The maximum atomic E-state index is 11.9. The van der Waals surface area contributed by atoms with E-state index >= 15 is 0 Å². The number of fused-ring (bicyclic) bond motifs is 2. The molecule has 1 aliphatic carbocycles. The van der Waals surface area contributed by atoms with Crippen LogP contribution in [0.5, 0.6) is 0 Å². The van der Waals surface area contributed by atoms with Gasteiger partial charge < -0.3 is 20.1 Å². The minimum absolute atomic E-state index is 0.144. The van der Waals surface area contributed by atoms with E-state index in [1.165, 1.54) is 35.2 Å². The number of hydrogen-bond donors (Lipinski definition) is 2. The molecule has 32 heavy (non-hydrogen) atoms. The quantitative estimate of drug-likeness (QED) is 0.450. The van der Waals surface area contributed by atoms with Crippen LogP contribution in [-0.2, 0) is 22.3 Å². The Morgan fingerprint density at radius 3 is 2.59 bits per heavy atom. The van der Waals surface area contributed by atoms with E-state index in [4.69, 9.17) is 14.5 Å². The summed E-state index contributed by atoms with van der Waals surface area (Å²) >= 11 is 0. The third-order valence-electron chi connectivity index (χ3n) is 5.55. The second kappa shape index (κ2) is 11.5. The van der Waals surface area contributed by atoms with Crippen molar-refractivity contribution in [1.29, 1.82) is 0 Å².